The summed E-state index contributed by atoms with van der Waals surface area (Å²) < 4.78 is 20.0. The Bertz CT molecular complexity index is 852. The Labute approximate surface area is 195 Å². The van der Waals surface area contributed by atoms with E-state index < -0.39 is 5.67 Å². The second-order valence-electron chi connectivity index (χ2n) is 11.9. The van der Waals surface area contributed by atoms with E-state index in [2.05, 4.69) is 71.2 Å². The van der Waals surface area contributed by atoms with E-state index in [1.807, 2.05) is 6.08 Å². The predicted octanol–water partition coefficient (Wildman–Crippen LogP) is 8.68. The highest BCUT2D eigenvalue weighted by atomic mass is 19.1. The highest BCUT2D eigenvalue weighted by Crippen LogP contribution is 2.55. The fraction of sp³-hybridized carbons (Fsp3) is 0.600. The SMILES string of the molecule is C=C(CC(C)C1C=CC(OCC(C)(F)C(=C)C)=CC1)C1CC2(C=CC(C(C)(C)C)=CC2)C1. The fourth-order valence-corrected chi connectivity index (χ4v) is 5.01. The molecule has 1 nitrogen and oxygen atoms in total. The van der Waals surface area contributed by atoms with Crippen LogP contribution in [0.3, 0.4) is 0 Å². The van der Waals surface area contributed by atoms with Gasteiger partial charge in [0, 0.05) is 0 Å². The minimum absolute atomic E-state index is 0.0137. The molecule has 0 N–H and O–H groups in total. The maximum atomic E-state index is 14.3. The van der Waals surface area contributed by atoms with E-state index in [9.17, 15) is 4.39 Å². The van der Waals surface area contributed by atoms with Crippen LogP contribution in [0.2, 0.25) is 0 Å². The third-order valence-electron chi connectivity index (χ3n) is 7.91. The van der Waals surface area contributed by atoms with Crippen molar-refractivity contribution in [2.24, 2.45) is 28.6 Å². The first-order valence-corrected chi connectivity index (χ1v) is 12.2. The lowest BCUT2D eigenvalue weighted by Crippen LogP contribution is -2.37. The van der Waals surface area contributed by atoms with Crippen LogP contribution in [0.4, 0.5) is 4.39 Å². The second-order valence-corrected chi connectivity index (χ2v) is 11.9. The number of halogens is 1. The van der Waals surface area contributed by atoms with Crippen molar-refractivity contribution in [3.8, 4) is 0 Å². The lowest BCUT2D eigenvalue weighted by molar-refractivity contribution is 0.0928. The van der Waals surface area contributed by atoms with Crippen LogP contribution in [0.15, 0.2) is 72.1 Å². The number of rotatable bonds is 8. The normalized spacial score (nSPS) is 30.1. The van der Waals surface area contributed by atoms with Crippen LogP contribution < -0.4 is 0 Å². The molecule has 1 fully saturated rings. The number of alkyl halides is 1. The highest BCUT2D eigenvalue weighted by molar-refractivity contribution is 5.33. The van der Waals surface area contributed by atoms with Crippen LogP contribution in [0, 0.1) is 28.6 Å². The number of allylic oxidation sites excluding steroid dienone is 8. The van der Waals surface area contributed by atoms with Crippen LogP contribution >= 0.6 is 0 Å². The van der Waals surface area contributed by atoms with E-state index in [0.29, 0.717) is 28.7 Å². The van der Waals surface area contributed by atoms with Gasteiger partial charge in [-0.05, 0) is 97.8 Å². The summed E-state index contributed by atoms with van der Waals surface area (Å²) in [5, 5.41) is 0. The molecule has 32 heavy (non-hydrogen) atoms. The molecule has 0 aromatic rings. The summed E-state index contributed by atoms with van der Waals surface area (Å²) in [6, 6.07) is 0. The smallest absolute Gasteiger partial charge is 0.162 e. The number of ether oxygens (including phenoxy) is 1. The van der Waals surface area contributed by atoms with Gasteiger partial charge in [-0.1, -0.05) is 70.7 Å². The molecule has 2 heteroatoms. The Morgan fingerprint density at radius 1 is 1.19 bits per heavy atom. The van der Waals surface area contributed by atoms with E-state index in [-0.39, 0.29) is 12.0 Å². The zero-order valence-electron chi connectivity index (χ0n) is 21.1. The third kappa shape index (κ3) is 5.74. The molecule has 3 aliphatic rings. The van der Waals surface area contributed by atoms with Crippen molar-refractivity contribution < 1.29 is 9.13 Å². The maximum Gasteiger partial charge on any atom is 0.162 e. The quantitative estimate of drug-likeness (QED) is 0.344. The molecule has 1 spiro atoms. The Kier molecular flexibility index (Phi) is 7.13. The monoisotopic (exact) mass is 438 g/mol. The lowest BCUT2D eigenvalue weighted by atomic mass is 9.56. The Hall–Kier alpha value is -1.83. The summed E-state index contributed by atoms with van der Waals surface area (Å²) in [6.07, 6.45) is 19.3. The van der Waals surface area contributed by atoms with Crippen molar-refractivity contribution in [2.75, 3.05) is 6.61 Å². The number of hydrogen-bond acceptors (Lipinski definition) is 1. The highest BCUT2D eigenvalue weighted by Gasteiger charge is 2.44. The van der Waals surface area contributed by atoms with Crippen molar-refractivity contribution >= 4 is 0 Å². The van der Waals surface area contributed by atoms with E-state index >= 15 is 0 Å². The Morgan fingerprint density at radius 3 is 2.38 bits per heavy atom. The molecule has 3 aliphatic carbocycles. The van der Waals surface area contributed by atoms with Gasteiger partial charge in [0.15, 0.2) is 5.67 Å². The molecule has 3 atom stereocenters. The summed E-state index contributed by atoms with van der Waals surface area (Å²) in [4.78, 5) is 0. The molecule has 0 radical (unpaired) electrons. The van der Waals surface area contributed by atoms with Gasteiger partial charge in [0.1, 0.15) is 12.4 Å². The molecular formula is C30H43FO. The largest absolute Gasteiger partial charge is 0.490 e. The van der Waals surface area contributed by atoms with Crippen LogP contribution in [-0.4, -0.2) is 12.3 Å². The average Bonchev–Trinajstić information content (AvgIpc) is 2.70. The summed E-state index contributed by atoms with van der Waals surface area (Å²) in [7, 11) is 0. The fourth-order valence-electron chi connectivity index (χ4n) is 5.01. The molecule has 0 aromatic carbocycles. The van der Waals surface area contributed by atoms with Gasteiger partial charge >= 0.3 is 0 Å². The van der Waals surface area contributed by atoms with Gasteiger partial charge in [-0.3, -0.25) is 0 Å². The average molecular weight is 439 g/mol. The van der Waals surface area contributed by atoms with E-state index in [4.69, 9.17) is 4.74 Å². The van der Waals surface area contributed by atoms with Crippen molar-refractivity contribution in [1.29, 1.82) is 0 Å². The van der Waals surface area contributed by atoms with Crippen LogP contribution in [-0.2, 0) is 4.74 Å². The predicted molar refractivity (Wildman–Crippen MR) is 135 cm³/mol. The summed E-state index contributed by atoms with van der Waals surface area (Å²) >= 11 is 0. The van der Waals surface area contributed by atoms with Gasteiger partial charge in [-0.25, -0.2) is 4.39 Å². The first kappa shape index (κ1) is 24.8. The minimum Gasteiger partial charge on any atom is -0.490 e. The standard InChI is InChI=1S/C30H43FO/c1-21(2)29(8,31)20-32-27-11-9-24(10-12-27)22(3)17-23(4)25-18-30(19-25)15-13-26(14-16-30)28(5,6)7/h9,11-15,22,24-25H,1,4,10,16-20H2,2-3,5-8H3. The molecule has 0 aromatic heterocycles. The third-order valence-corrected chi connectivity index (χ3v) is 7.91. The van der Waals surface area contributed by atoms with Gasteiger partial charge < -0.3 is 4.74 Å². The van der Waals surface area contributed by atoms with Crippen molar-refractivity contribution in [2.45, 2.75) is 79.3 Å². The molecule has 3 rings (SSSR count). The lowest BCUT2D eigenvalue weighted by Gasteiger charge is -2.49. The summed E-state index contributed by atoms with van der Waals surface area (Å²) in [5.41, 5.74) is 2.50. The van der Waals surface area contributed by atoms with Crippen LogP contribution in [0.1, 0.15) is 73.6 Å². The van der Waals surface area contributed by atoms with Crippen LogP contribution in [0.25, 0.3) is 0 Å². The Morgan fingerprint density at radius 2 is 1.88 bits per heavy atom. The molecule has 3 unspecified atom stereocenters. The molecular weight excluding hydrogens is 395 g/mol. The summed E-state index contributed by atoms with van der Waals surface area (Å²) in [5.74, 6) is 2.45. The topological polar surface area (TPSA) is 9.23 Å². The van der Waals surface area contributed by atoms with Crippen molar-refractivity contribution in [3.63, 3.8) is 0 Å². The molecule has 1 saturated carbocycles. The first-order chi connectivity index (χ1) is 14.8. The zero-order valence-corrected chi connectivity index (χ0v) is 21.1. The molecule has 0 saturated heterocycles. The minimum atomic E-state index is -1.49. The summed E-state index contributed by atoms with van der Waals surface area (Å²) in [6.45, 7) is 20.6. The second kappa shape index (κ2) is 9.20. The van der Waals surface area contributed by atoms with Gasteiger partial charge in [0.2, 0.25) is 0 Å². The van der Waals surface area contributed by atoms with Crippen molar-refractivity contribution in [1.82, 2.24) is 0 Å². The molecule has 0 amide bonds. The van der Waals surface area contributed by atoms with E-state index in [1.165, 1.54) is 37.3 Å². The van der Waals surface area contributed by atoms with Gasteiger partial charge in [-0.2, -0.15) is 0 Å². The molecule has 0 heterocycles. The molecule has 0 aliphatic heterocycles. The first-order valence-electron chi connectivity index (χ1n) is 12.2. The van der Waals surface area contributed by atoms with Gasteiger partial charge in [0.05, 0.1) is 0 Å². The zero-order chi connectivity index (χ0) is 23.7. The van der Waals surface area contributed by atoms with Crippen LogP contribution in [0.5, 0.6) is 0 Å². The van der Waals surface area contributed by atoms with E-state index in [0.717, 1.165) is 18.6 Å². The number of hydrogen-bond donors (Lipinski definition) is 0. The van der Waals surface area contributed by atoms with Gasteiger partial charge in [-0.15, -0.1) is 0 Å². The van der Waals surface area contributed by atoms with Gasteiger partial charge in [0.25, 0.3) is 0 Å². The maximum absolute atomic E-state index is 14.3. The molecule has 0 bridgehead atoms. The van der Waals surface area contributed by atoms with E-state index in [1.54, 1.807) is 6.92 Å². The van der Waals surface area contributed by atoms with Crippen molar-refractivity contribution in [3.05, 3.63) is 72.1 Å². The Balaban J connectivity index is 1.43. The molecule has 176 valence electrons.